The van der Waals surface area contributed by atoms with E-state index in [0.717, 1.165) is 12.8 Å². The summed E-state index contributed by atoms with van der Waals surface area (Å²) >= 11 is 0. The Balaban J connectivity index is 2.57. The maximum absolute atomic E-state index is 12.0. The van der Waals surface area contributed by atoms with Crippen molar-refractivity contribution >= 4 is 5.91 Å². The van der Waals surface area contributed by atoms with Crippen LogP contribution in [0.15, 0.2) is 24.3 Å². The van der Waals surface area contributed by atoms with Crippen molar-refractivity contribution < 1.29 is 14.3 Å². The van der Waals surface area contributed by atoms with Gasteiger partial charge in [0.2, 0.25) is 0 Å². The molecular weight excluding hydrogens is 242 g/mol. The van der Waals surface area contributed by atoms with Gasteiger partial charge in [-0.1, -0.05) is 19.9 Å². The second-order valence-corrected chi connectivity index (χ2v) is 4.46. The Morgan fingerprint density at radius 1 is 1.26 bits per heavy atom. The number of rotatable bonds is 7. The van der Waals surface area contributed by atoms with Crippen LogP contribution in [0.3, 0.4) is 0 Å². The molecule has 4 nitrogen and oxygen atoms in total. The van der Waals surface area contributed by atoms with Gasteiger partial charge in [0.1, 0.15) is 11.5 Å². The Morgan fingerprint density at radius 2 is 1.89 bits per heavy atom. The van der Waals surface area contributed by atoms with Crippen molar-refractivity contribution in [2.24, 2.45) is 0 Å². The minimum atomic E-state index is -0.521. The number of methoxy groups -OCH3 is 1. The summed E-state index contributed by atoms with van der Waals surface area (Å²) in [6.45, 7) is 5.86. The Labute approximate surface area is 115 Å². The summed E-state index contributed by atoms with van der Waals surface area (Å²) in [4.78, 5) is 12.0. The van der Waals surface area contributed by atoms with Gasteiger partial charge in [0.15, 0.2) is 6.10 Å². The molecule has 19 heavy (non-hydrogen) atoms. The van der Waals surface area contributed by atoms with E-state index in [1.54, 1.807) is 20.1 Å². The van der Waals surface area contributed by atoms with Gasteiger partial charge in [-0.25, -0.2) is 0 Å². The molecule has 1 aromatic rings. The maximum Gasteiger partial charge on any atom is 0.260 e. The number of carbonyl (C=O) groups excluding carboxylic acids is 1. The number of amides is 1. The third-order valence-electron chi connectivity index (χ3n) is 3.06. The largest absolute Gasteiger partial charge is 0.497 e. The number of hydrogen-bond acceptors (Lipinski definition) is 3. The zero-order chi connectivity index (χ0) is 14.3. The SMILES string of the molecule is CCC(CC)NC(=O)C(C)Oc1cccc(OC)c1. The average Bonchev–Trinajstić information content (AvgIpc) is 2.44. The molecular formula is C15H23NO3. The standard InChI is InChI=1S/C15H23NO3/c1-5-12(6-2)16-15(17)11(3)19-14-9-7-8-13(10-14)18-4/h7-12H,5-6H2,1-4H3,(H,16,17). The van der Waals surface area contributed by atoms with Crippen LogP contribution in [0.25, 0.3) is 0 Å². The molecule has 0 aromatic heterocycles. The summed E-state index contributed by atoms with van der Waals surface area (Å²) in [6, 6.07) is 7.45. The van der Waals surface area contributed by atoms with Crippen LogP contribution in [0.5, 0.6) is 11.5 Å². The van der Waals surface area contributed by atoms with Crippen molar-refractivity contribution in [1.82, 2.24) is 5.32 Å². The van der Waals surface area contributed by atoms with Gasteiger partial charge in [0.05, 0.1) is 7.11 Å². The molecule has 1 atom stereocenters. The van der Waals surface area contributed by atoms with Crippen LogP contribution in [0.4, 0.5) is 0 Å². The molecule has 0 spiro atoms. The van der Waals surface area contributed by atoms with Crippen molar-refractivity contribution in [3.8, 4) is 11.5 Å². The lowest BCUT2D eigenvalue weighted by Gasteiger charge is -2.19. The second kappa shape index (κ2) is 7.67. The van der Waals surface area contributed by atoms with E-state index in [1.165, 1.54) is 0 Å². The fourth-order valence-corrected chi connectivity index (χ4v) is 1.74. The van der Waals surface area contributed by atoms with E-state index in [-0.39, 0.29) is 11.9 Å². The first-order valence-electron chi connectivity index (χ1n) is 6.71. The first kappa shape index (κ1) is 15.3. The normalized spacial score (nSPS) is 12.1. The van der Waals surface area contributed by atoms with Crippen LogP contribution >= 0.6 is 0 Å². The molecule has 1 aromatic carbocycles. The van der Waals surface area contributed by atoms with E-state index in [0.29, 0.717) is 11.5 Å². The van der Waals surface area contributed by atoms with Gasteiger partial charge in [0, 0.05) is 12.1 Å². The highest BCUT2D eigenvalue weighted by atomic mass is 16.5. The smallest absolute Gasteiger partial charge is 0.260 e. The molecule has 0 aliphatic carbocycles. The summed E-state index contributed by atoms with van der Waals surface area (Å²) in [5.74, 6) is 1.26. The predicted octanol–water partition coefficient (Wildman–Crippen LogP) is 2.77. The van der Waals surface area contributed by atoms with E-state index in [9.17, 15) is 4.79 Å². The van der Waals surface area contributed by atoms with Gasteiger partial charge < -0.3 is 14.8 Å². The van der Waals surface area contributed by atoms with Crippen molar-refractivity contribution in [3.63, 3.8) is 0 Å². The summed E-state index contributed by atoms with van der Waals surface area (Å²) in [5.41, 5.74) is 0. The summed E-state index contributed by atoms with van der Waals surface area (Å²) < 4.78 is 10.7. The highest BCUT2D eigenvalue weighted by molar-refractivity contribution is 5.81. The van der Waals surface area contributed by atoms with Crippen LogP contribution in [-0.4, -0.2) is 25.2 Å². The summed E-state index contributed by atoms with van der Waals surface area (Å²) in [6.07, 6.45) is 1.33. The van der Waals surface area contributed by atoms with Crippen LogP contribution in [0.1, 0.15) is 33.6 Å². The van der Waals surface area contributed by atoms with E-state index in [4.69, 9.17) is 9.47 Å². The highest BCUT2D eigenvalue weighted by Crippen LogP contribution is 2.20. The number of nitrogens with one attached hydrogen (secondary N) is 1. The molecule has 0 bridgehead atoms. The minimum Gasteiger partial charge on any atom is -0.497 e. The van der Waals surface area contributed by atoms with Crippen molar-refractivity contribution in [3.05, 3.63) is 24.3 Å². The van der Waals surface area contributed by atoms with Gasteiger partial charge in [-0.2, -0.15) is 0 Å². The fourth-order valence-electron chi connectivity index (χ4n) is 1.74. The Morgan fingerprint density at radius 3 is 2.47 bits per heavy atom. The van der Waals surface area contributed by atoms with Crippen molar-refractivity contribution in [1.29, 1.82) is 0 Å². The Kier molecular flexibility index (Phi) is 6.19. The van der Waals surface area contributed by atoms with Crippen LogP contribution in [-0.2, 0) is 4.79 Å². The summed E-state index contributed by atoms with van der Waals surface area (Å²) in [5, 5.41) is 2.97. The molecule has 106 valence electrons. The molecule has 1 rings (SSSR count). The van der Waals surface area contributed by atoms with Gasteiger partial charge >= 0.3 is 0 Å². The molecule has 1 amide bonds. The molecule has 1 N–H and O–H groups in total. The number of hydrogen-bond donors (Lipinski definition) is 1. The number of ether oxygens (including phenoxy) is 2. The topological polar surface area (TPSA) is 47.6 Å². The lowest BCUT2D eigenvalue weighted by molar-refractivity contribution is -0.128. The molecule has 0 aliphatic heterocycles. The highest BCUT2D eigenvalue weighted by Gasteiger charge is 2.17. The number of benzene rings is 1. The van der Waals surface area contributed by atoms with E-state index in [2.05, 4.69) is 19.2 Å². The maximum atomic E-state index is 12.0. The quantitative estimate of drug-likeness (QED) is 0.824. The lowest BCUT2D eigenvalue weighted by atomic mass is 10.1. The molecule has 1 unspecified atom stereocenters. The van der Waals surface area contributed by atoms with Gasteiger partial charge in [-0.05, 0) is 31.9 Å². The Hall–Kier alpha value is -1.71. The van der Waals surface area contributed by atoms with Crippen LogP contribution in [0.2, 0.25) is 0 Å². The van der Waals surface area contributed by atoms with Gasteiger partial charge in [0.25, 0.3) is 5.91 Å². The molecule has 0 saturated heterocycles. The molecule has 0 radical (unpaired) electrons. The molecule has 4 heteroatoms. The van der Waals surface area contributed by atoms with E-state index < -0.39 is 6.10 Å². The number of carbonyl (C=O) groups is 1. The second-order valence-electron chi connectivity index (χ2n) is 4.46. The zero-order valence-corrected chi connectivity index (χ0v) is 12.1. The average molecular weight is 265 g/mol. The third-order valence-corrected chi connectivity index (χ3v) is 3.06. The van der Waals surface area contributed by atoms with Gasteiger partial charge in [-0.3, -0.25) is 4.79 Å². The van der Waals surface area contributed by atoms with Crippen LogP contribution in [0, 0.1) is 0 Å². The van der Waals surface area contributed by atoms with E-state index >= 15 is 0 Å². The predicted molar refractivity (Wildman–Crippen MR) is 75.6 cm³/mol. The molecule has 0 saturated carbocycles. The Bertz CT molecular complexity index is 402. The zero-order valence-electron chi connectivity index (χ0n) is 12.1. The third kappa shape index (κ3) is 4.81. The minimum absolute atomic E-state index is 0.0866. The monoisotopic (exact) mass is 265 g/mol. The van der Waals surface area contributed by atoms with Crippen molar-refractivity contribution in [2.75, 3.05) is 7.11 Å². The lowest BCUT2D eigenvalue weighted by Crippen LogP contribution is -2.42. The molecule has 0 heterocycles. The fraction of sp³-hybridized carbons (Fsp3) is 0.533. The summed E-state index contributed by atoms with van der Waals surface area (Å²) in [7, 11) is 1.60. The first-order chi connectivity index (χ1) is 9.10. The molecule has 0 aliphatic rings. The molecule has 0 fully saturated rings. The first-order valence-corrected chi connectivity index (χ1v) is 6.71. The van der Waals surface area contributed by atoms with Crippen LogP contribution < -0.4 is 14.8 Å². The van der Waals surface area contributed by atoms with E-state index in [1.807, 2.05) is 18.2 Å². The van der Waals surface area contributed by atoms with Gasteiger partial charge in [-0.15, -0.1) is 0 Å². The van der Waals surface area contributed by atoms with Crippen molar-refractivity contribution in [2.45, 2.75) is 45.8 Å².